The minimum atomic E-state index is -4.44. The number of hydrogen-bond acceptors (Lipinski definition) is 4. The van der Waals surface area contributed by atoms with Crippen molar-refractivity contribution in [3.63, 3.8) is 0 Å². The largest absolute Gasteiger partial charge is 0.479 e. The third-order valence-corrected chi connectivity index (χ3v) is 1.20. The van der Waals surface area contributed by atoms with Crippen LogP contribution in [0.25, 0.3) is 0 Å². The van der Waals surface area contributed by atoms with E-state index in [0.29, 0.717) is 0 Å². The summed E-state index contributed by atoms with van der Waals surface area (Å²) in [5.74, 6) is -3.03. The Morgan fingerprint density at radius 1 is 1.30 bits per heavy atom. The zero-order chi connectivity index (χ0) is 8.36. The van der Waals surface area contributed by atoms with Crippen molar-refractivity contribution in [2.45, 2.75) is 0 Å². The molecule has 0 aliphatic carbocycles. The van der Waals surface area contributed by atoms with Crippen LogP contribution in [0.4, 0.5) is 0 Å². The first kappa shape index (κ1) is 9.34. The number of aliphatic hydroxyl groups excluding tert-OH is 1. The van der Waals surface area contributed by atoms with E-state index in [2.05, 4.69) is 0 Å². The summed E-state index contributed by atoms with van der Waals surface area (Å²) < 4.78 is 27.7. The van der Waals surface area contributed by atoms with Crippen LogP contribution in [-0.4, -0.2) is 34.9 Å². The predicted molar refractivity (Wildman–Crippen MR) is 29.2 cm³/mol. The van der Waals surface area contributed by atoms with Crippen LogP contribution >= 0.6 is 0 Å². The Hall–Kier alpha value is -0.660. The van der Waals surface area contributed by atoms with E-state index in [4.69, 9.17) is 14.8 Å². The SMILES string of the molecule is O=C(O)[C](O)CS(=O)(=O)O. The molecule has 7 heteroatoms. The average molecular weight is 169 g/mol. The van der Waals surface area contributed by atoms with Gasteiger partial charge in [0.05, 0.1) is 0 Å². The summed E-state index contributed by atoms with van der Waals surface area (Å²) in [6.07, 6.45) is -1.30. The molecule has 0 aliphatic rings. The van der Waals surface area contributed by atoms with Crippen LogP contribution in [0.2, 0.25) is 0 Å². The van der Waals surface area contributed by atoms with Gasteiger partial charge in [-0.15, -0.1) is 0 Å². The second kappa shape index (κ2) is 2.95. The molecule has 0 saturated heterocycles. The van der Waals surface area contributed by atoms with Gasteiger partial charge in [-0.1, -0.05) is 0 Å². The van der Waals surface area contributed by atoms with Crippen molar-refractivity contribution in [3.05, 3.63) is 6.10 Å². The highest BCUT2D eigenvalue weighted by Crippen LogP contribution is 1.97. The molecular formula is C3H5O6S. The highest BCUT2D eigenvalue weighted by atomic mass is 32.2. The molecule has 0 heterocycles. The summed E-state index contributed by atoms with van der Waals surface area (Å²) in [4.78, 5) is 9.71. The molecule has 59 valence electrons. The summed E-state index contributed by atoms with van der Waals surface area (Å²) in [7, 11) is -4.44. The van der Waals surface area contributed by atoms with Gasteiger partial charge in [-0.3, -0.25) is 4.55 Å². The number of aliphatic carboxylic acids is 1. The molecule has 0 amide bonds. The number of carboxylic acid groups (broad SMARTS) is 1. The van der Waals surface area contributed by atoms with Crippen molar-refractivity contribution in [2.75, 3.05) is 5.75 Å². The molecule has 0 spiro atoms. The van der Waals surface area contributed by atoms with Crippen LogP contribution in [0.5, 0.6) is 0 Å². The zero-order valence-corrected chi connectivity index (χ0v) is 5.50. The van der Waals surface area contributed by atoms with E-state index in [-0.39, 0.29) is 0 Å². The maximum Gasteiger partial charge on any atom is 0.340 e. The average Bonchev–Trinajstić information content (AvgIpc) is 1.60. The second-order valence-electron chi connectivity index (χ2n) is 1.48. The fourth-order valence-corrected chi connectivity index (χ4v) is 0.704. The Labute approximate surface area is 56.8 Å². The molecule has 0 saturated carbocycles. The summed E-state index contributed by atoms with van der Waals surface area (Å²) in [5.41, 5.74) is 0. The monoisotopic (exact) mass is 169 g/mol. The molecule has 10 heavy (non-hydrogen) atoms. The normalized spacial score (nSPS) is 11.9. The Bertz CT molecular complexity index is 215. The van der Waals surface area contributed by atoms with Crippen molar-refractivity contribution < 1.29 is 28.0 Å². The third kappa shape index (κ3) is 4.24. The fraction of sp³-hybridized carbons (Fsp3) is 0.333. The van der Waals surface area contributed by atoms with Gasteiger partial charge >= 0.3 is 5.97 Å². The van der Waals surface area contributed by atoms with Gasteiger partial charge in [0, 0.05) is 0 Å². The van der Waals surface area contributed by atoms with E-state index in [0.717, 1.165) is 0 Å². The summed E-state index contributed by atoms with van der Waals surface area (Å²) in [6.45, 7) is 0. The van der Waals surface area contributed by atoms with Crippen LogP contribution in [-0.2, 0) is 14.9 Å². The van der Waals surface area contributed by atoms with Gasteiger partial charge in [-0.05, 0) is 0 Å². The molecule has 0 aromatic carbocycles. The van der Waals surface area contributed by atoms with Gasteiger partial charge in [-0.2, -0.15) is 8.42 Å². The quantitative estimate of drug-likeness (QED) is 0.460. The molecule has 0 unspecified atom stereocenters. The lowest BCUT2D eigenvalue weighted by Gasteiger charge is -1.98. The third-order valence-electron chi connectivity index (χ3n) is 0.566. The Kier molecular flexibility index (Phi) is 2.76. The Morgan fingerprint density at radius 2 is 1.70 bits per heavy atom. The molecule has 0 aromatic rings. The molecule has 0 aliphatic heterocycles. The van der Waals surface area contributed by atoms with Gasteiger partial charge in [0.15, 0.2) is 0 Å². The van der Waals surface area contributed by atoms with Crippen LogP contribution in [0.1, 0.15) is 0 Å². The van der Waals surface area contributed by atoms with Gasteiger partial charge in [0.25, 0.3) is 10.1 Å². The number of aliphatic hydroxyl groups is 1. The molecule has 0 bridgehead atoms. The topological polar surface area (TPSA) is 112 Å². The number of carbonyl (C=O) groups is 1. The highest BCUT2D eigenvalue weighted by molar-refractivity contribution is 7.85. The summed E-state index contributed by atoms with van der Waals surface area (Å²) in [6, 6.07) is 0. The molecule has 0 rings (SSSR count). The fourth-order valence-electron chi connectivity index (χ4n) is 0.235. The van der Waals surface area contributed by atoms with E-state index in [1.54, 1.807) is 0 Å². The molecule has 0 aromatic heterocycles. The van der Waals surface area contributed by atoms with Gasteiger partial charge in [-0.25, -0.2) is 4.79 Å². The van der Waals surface area contributed by atoms with E-state index >= 15 is 0 Å². The van der Waals surface area contributed by atoms with Crippen LogP contribution < -0.4 is 0 Å². The number of hydrogen-bond donors (Lipinski definition) is 3. The lowest BCUT2D eigenvalue weighted by Crippen LogP contribution is -2.20. The van der Waals surface area contributed by atoms with Crippen molar-refractivity contribution in [1.82, 2.24) is 0 Å². The standard InChI is InChI=1S/C3H5O6S/c4-2(3(5)6)1-10(7,8)9/h4H,1H2,(H,5,6)(H,7,8,9). The van der Waals surface area contributed by atoms with Crippen molar-refractivity contribution in [2.24, 2.45) is 0 Å². The smallest absolute Gasteiger partial charge is 0.340 e. The first-order valence-corrected chi connectivity index (χ1v) is 3.67. The second-order valence-corrected chi connectivity index (χ2v) is 2.93. The molecule has 1 radical (unpaired) electrons. The van der Waals surface area contributed by atoms with Gasteiger partial charge in [0.1, 0.15) is 5.75 Å². The highest BCUT2D eigenvalue weighted by Gasteiger charge is 2.21. The molecule has 6 nitrogen and oxygen atoms in total. The minimum Gasteiger partial charge on any atom is -0.479 e. The lowest BCUT2D eigenvalue weighted by atomic mass is 10.4. The summed E-state index contributed by atoms with van der Waals surface area (Å²) in [5, 5.41) is 16.1. The van der Waals surface area contributed by atoms with Crippen molar-refractivity contribution >= 4 is 16.1 Å². The van der Waals surface area contributed by atoms with Crippen LogP contribution in [0, 0.1) is 6.10 Å². The molecule has 0 fully saturated rings. The Morgan fingerprint density at radius 3 is 1.80 bits per heavy atom. The van der Waals surface area contributed by atoms with E-state index in [1.807, 2.05) is 0 Å². The number of carboxylic acids is 1. The minimum absolute atomic E-state index is 1.26. The molecule has 0 atom stereocenters. The summed E-state index contributed by atoms with van der Waals surface area (Å²) >= 11 is 0. The first-order valence-electron chi connectivity index (χ1n) is 2.06. The Balaban J connectivity index is 4.06. The molecule has 3 N–H and O–H groups in total. The van der Waals surface area contributed by atoms with Gasteiger partial charge in [0.2, 0.25) is 6.10 Å². The maximum atomic E-state index is 9.86. The zero-order valence-electron chi connectivity index (χ0n) is 4.68. The van der Waals surface area contributed by atoms with E-state index in [9.17, 15) is 13.2 Å². The van der Waals surface area contributed by atoms with E-state index in [1.165, 1.54) is 0 Å². The predicted octanol–water partition coefficient (Wildman–Crippen LogP) is -1.14. The van der Waals surface area contributed by atoms with Crippen molar-refractivity contribution in [1.29, 1.82) is 0 Å². The number of rotatable bonds is 3. The van der Waals surface area contributed by atoms with Crippen molar-refractivity contribution in [3.8, 4) is 0 Å². The maximum absolute atomic E-state index is 9.86. The first-order chi connectivity index (χ1) is 4.33. The van der Waals surface area contributed by atoms with Crippen LogP contribution in [0.15, 0.2) is 0 Å². The van der Waals surface area contributed by atoms with E-state index < -0.39 is 27.9 Å². The van der Waals surface area contributed by atoms with Crippen LogP contribution in [0.3, 0.4) is 0 Å². The molecular weight excluding hydrogens is 164 g/mol. The van der Waals surface area contributed by atoms with Gasteiger partial charge < -0.3 is 10.2 Å². The lowest BCUT2D eigenvalue weighted by molar-refractivity contribution is -0.139.